The van der Waals surface area contributed by atoms with Gasteiger partial charge in [0.25, 0.3) is 5.91 Å². The SMILES string of the molecule is CC(NC(=O)C1COc2ccccc2O1)c1ncn[nH]1. The van der Waals surface area contributed by atoms with Crippen LogP contribution < -0.4 is 14.8 Å². The molecule has 2 aromatic rings. The van der Waals surface area contributed by atoms with E-state index in [2.05, 4.69) is 20.5 Å². The second-order valence-electron chi connectivity index (χ2n) is 4.47. The van der Waals surface area contributed by atoms with Crippen LogP contribution in [0.2, 0.25) is 0 Å². The molecule has 104 valence electrons. The first kappa shape index (κ1) is 12.5. The first-order valence-corrected chi connectivity index (χ1v) is 6.28. The highest BCUT2D eigenvalue weighted by Crippen LogP contribution is 2.30. The molecule has 2 unspecified atom stereocenters. The van der Waals surface area contributed by atoms with Crippen molar-refractivity contribution in [3.8, 4) is 11.5 Å². The van der Waals surface area contributed by atoms with Crippen LogP contribution in [-0.2, 0) is 4.79 Å². The van der Waals surface area contributed by atoms with E-state index in [4.69, 9.17) is 9.47 Å². The summed E-state index contributed by atoms with van der Waals surface area (Å²) in [6.07, 6.45) is 0.726. The van der Waals surface area contributed by atoms with E-state index in [-0.39, 0.29) is 18.6 Å². The third-order valence-corrected chi connectivity index (χ3v) is 3.00. The normalized spacial score (nSPS) is 18.4. The number of aromatic nitrogens is 3. The third kappa shape index (κ3) is 2.42. The van der Waals surface area contributed by atoms with Crippen LogP contribution in [0.3, 0.4) is 0 Å². The van der Waals surface area contributed by atoms with Gasteiger partial charge in [-0.2, -0.15) is 5.10 Å². The highest BCUT2D eigenvalue weighted by Gasteiger charge is 2.28. The molecule has 2 heterocycles. The van der Waals surface area contributed by atoms with Crippen LogP contribution in [0, 0.1) is 0 Å². The highest BCUT2D eigenvalue weighted by atomic mass is 16.6. The standard InChI is InChI=1S/C13H14N4O3/c1-8(12-14-7-15-17-12)16-13(18)11-6-19-9-4-2-3-5-10(9)20-11/h2-5,7-8,11H,6H2,1H3,(H,16,18)(H,14,15,17). The zero-order valence-electron chi connectivity index (χ0n) is 10.9. The molecule has 0 fully saturated rings. The Bertz CT molecular complexity index is 599. The zero-order valence-corrected chi connectivity index (χ0v) is 10.9. The summed E-state index contributed by atoms with van der Waals surface area (Å²) in [5.74, 6) is 1.57. The summed E-state index contributed by atoms with van der Waals surface area (Å²) in [5.41, 5.74) is 0. The van der Waals surface area contributed by atoms with Gasteiger partial charge < -0.3 is 14.8 Å². The number of aromatic amines is 1. The molecule has 0 radical (unpaired) electrons. The quantitative estimate of drug-likeness (QED) is 0.865. The summed E-state index contributed by atoms with van der Waals surface area (Å²) in [4.78, 5) is 16.1. The molecule has 1 aromatic heterocycles. The van der Waals surface area contributed by atoms with Gasteiger partial charge in [0.15, 0.2) is 11.5 Å². The lowest BCUT2D eigenvalue weighted by molar-refractivity contribution is -0.131. The summed E-state index contributed by atoms with van der Waals surface area (Å²) in [5, 5.41) is 9.27. The highest BCUT2D eigenvalue weighted by molar-refractivity contribution is 5.82. The van der Waals surface area contributed by atoms with Crippen LogP contribution in [0.5, 0.6) is 11.5 Å². The van der Waals surface area contributed by atoms with Crippen molar-refractivity contribution in [2.24, 2.45) is 0 Å². The molecule has 1 aliphatic heterocycles. The van der Waals surface area contributed by atoms with E-state index in [1.54, 1.807) is 12.1 Å². The maximum absolute atomic E-state index is 12.1. The lowest BCUT2D eigenvalue weighted by atomic mass is 10.2. The molecule has 0 spiro atoms. The zero-order chi connectivity index (χ0) is 13.9. The van der Waals surface area contributed by atoms with Crippen molar-refractivity contribution < 1.29 is 14.3 Å². The van der Waals surface area contributed by atoms with Crippen molar-refractivity contribution in [3.63, 3.8) is 0 Å². The Morgan fingerprint density at radius 1 is 1.45 bits per heavy atom. The van der Waals surface area contributed by atoms with Crippen LogP contribution in [0.25, 0.3) is 0 Å². The average Bonchev–Trinajstić information content (AvgIpc) is 3.01. The van der Waals surface area contributed by atoms with E-state index >= 15 is 0 Å². The van der Waals surface area contributed by atoms with Gasteiger partial charge in [0.05, 0.1) is 6.04 Å². The van der Waals surface area contributed by atoms with Crippen LogP contribution in [0.1, 0.15) is 18.8 Å². The number of benzene rings is 1. The number of nitrogens with one attached hydrogen (secondary N) is 2. The number of hydrogen-bond donors (Lipinski definition) is 2. The number of ether oxygens (including phenoxy) is 2. The van der Waals surface area contributed by atoms with Gasteiger partial charge in [0.1, 0.15) is 18.8 Å². The Labute approximate surface area is 115 Å². The summed E-state index contributed by atoms with van der Waals surface area (Å²) in [6.45, 7) is 2.00. The molecular weight excluding hydrogens is 260 g/mol. The molecule has 3 rings (SSSR count). The van der Waals surface area contributed by atoms with Crippen molar-refractivity contribution in [1.82, 2.24) is 20.5 Å². The van der Waals surface area contributed by atoms with E-state index in [1.807, 2.05) is 19.1 Å². The fraction of sp³-hybridized carbons (Fsp3) is 0.308. The average molecular weight is 274 g/mol. The molecule has 1 amide bonds. The molecule has 2 N–H and O–H groups in total. The summed E-state index contributed by atoms with van der Waals surface area (Å²) >= 11 is 0. The van der Waals surface area contributed by atoms with E-state index < -0.39 is 6.10 Å². The Hall–Kier alpha value is -2.57. The van der Waals surface area contributed by atoms with E-state index in [9.17, 15) is 4.79 Å². The summed E-state index contributed by atoms with van der Waals surface area (Å²) in [6, 6.07) is 6.99. The minimum atomic E-state index is -0.671. The molecular formula is C13H14N4O3. The minimum absolute atomic E-state index is 0.186. The van der Waals surface area contributed by atoms with Crippen molar-refractivity contribution >= 4 is 5.91 Å². The predicted octanol–water partition coefficient (Wildman–Crippen LogP) is 0.822. The van der Waals surface area contributed by atoms with Crippen molar-refractivity contribution in [3.05, 3.63) is 36.4 Å². The number of para-hydroxylation sites is 2. The van der Waals surface area contributed by atoms with Gasteiger partial charge in [-0.1, -0.05) is 12.1 Å². The Morgan fingerprint density at radius 3 is 3.00 bits per heavy atom. The maximum Gasteiger partial charge on any atom is 0.265 e. The fourth-order valence-electron chi connectivity index (χ4n) is 1.95. The lowest BCUT2D eigenvalue weighted by Crippen LogP contribution is -2.44. The van der Waals surface area contributed by atoms with Gasteiger partial charge in [-0.15, -0.1) is 0 Å². The second kappa shape index (κ2) is 5.20. The number of carbonyl (C=O) groups excluding carboxylic acids is 1. The number of H-pyrrole nitrogens is 1. The van der Waals surface area contributed by atoms with Crippen molar-refractivity contribution in [2.45, 2.75) is 19.1 Å². The molecule has 0 bridgehead atoms. The summed E-state index contributed by atoms with van der Waals surface area (Å²) in [7, 11) is 0. The molecule has 0 saturated carbocycles. The van der Waals surface area contributed by atoms with Crippen LogP contribution in [-0.4, -0.2) is 33.8 Å². The van der Waals surface area contributed by atoms with Crippen LogP contribution >= 0.6 is 0 Å². The maximum atomic E-state index is 12.1. The largest absolute Gasteiger partial charge is 0.485 e. The molecule has 7 heteroatoms. The number of amides is 1. The number of rotatable bonds is 3. The van der Waals surface area contributed by atoms with E-state index in [1.165, 1.54) is 6.33 Å². The van der Waals surface area contributed by atoms with Crippen molar-refractivity contribution in [2.75, 3.05) is 6.61 Å². The predicted molar refractivity (Wildman–Crippen MR) is 69.3 cm³/mol. The van der Waals surface area contributed by atoms with E-state index in [0.717, 1.165) is 0 Å². The van der Waals surface area contributed by atoms with Gasteiger partial charge in [-0.05, 0) is 19.1 Å². The molecule has 1 aromatic carbocycles. The number of hydrogen-bond acceptors (Lipinski definition) is 5. The topological polar surface area (TPSA) is 89.1 Å². The Morgan fingerprint density at radius 2 is 2.25 bits per heavy atom. The number of nitrogens with zero attached hydrogens (tertiary/aromatic N) is 2. The smallest absolute Gasteiger partial charge is 0.265 e. The first-order chi connectivity index (χ1) is 9.74. The molecule has 1 aliphatic rings. The van der Waals surface area contributed by atoms with Gasteiger partial charge in [0.2, 0.25) is 6.10 Å². The van der Waals surface area contributed by atoms with Crippen LogP contribution in [0.4, 0.5) is 0 Å². The molecule has 7 nitrogen and oxygen atoms in total. The Kier molecular flexibility index (Phi) is 3.24. The monoisotopic (exact) mass is 274 g/mol. The molecule has 20 heavy (non-hydrogen) atoms. The second-order valence-corrected chi connectivity index (χ2v) is 4.47. The van der Waals surface area contributed by atoms with Gasteiger partial charge in [-0.3, -0.25) is 9.89 Å². The van der Waals surface area contributed by atoms with Gasteiger partial charge >= 0.3 is 0 Å². The van der Waals surface area contributed by atoms with Crippen molar-refractivity contribution in [1.29, 1.82) is 0 Å². The first-order valence-electron chi connectivity index (χ1n) is 6.28. The summed E-state index contributed by atoms with van der Waals surface area (Å²) < 4.78 is 11.1. The van der Waals surface area contributed by atoms with Gasteiger partial charge in [0, 0.05) is 0 Å². The molecule has 2 atom stereocenters. The molecule has 0 aliphatic carbocycles. The lowest BCUT2D eigenvalue weighted by Gasteiger charge is -2.26. The third-order valence-electron chi connectivity index (χ3n) is 3.00. The molecule has 0 saturated heterocycles. The van der Waals surface area contributed by atoms with Crippen LogP contribution in [0.15, 0.2) is 30.6 Å². The number of carbonyl (C=O) groups is 1. The Balaban J connectivity index is 1.64. The fourth-order valence-corrected chi connectivity index (χ4v) is 1.95. The van der Waals surface area contributed by atoms with Gasteiger partial charge in [-0.25, -0.2) is 4.98 Å². The minimum Gasteiger partial charge on any atom is -0.485 e. The number of fused-ring (bicyclic) bond motifs is 1. The van der Waals surface area contributed by atoms with E-state index in [0.29, 0.717) is 17.3 Å².